The standard InChI is InChI=1S/C27H30ClN3O4S/c1-4-24(27(33)29-3)30(18-21-14-16-22(28)17-15-21)26(32)19-31(25-13-9-8-10-20(25)2)36(34,35)23-11-6-5-7-12-23/h5-17,24H,4,18-19H2,1-3H3,(H,29,33)/t24-/m1/s1. The number of nitrogens with zero attached hydrogens (tertiary/aromatic N) is 2. The highest BCUT2D eigenvalue weighted by Gasteiger charge is 2.33. The lowest BCUT2D eigenvalue weighted by Crippen LogP contribution is -2.51. The predicted molar refractivity (Wildman–Crippen MR) is 142 cm³/mol. The molecule has 0 aliphatic heterocycles. The Bertz CT molecular complexity index is 1300. The summed E-state index contributed by atoms with van der Waals surface area (Å²) in [6.45, 7) is 3.25. The summed E-state index contributed by atoms with van der Waals surface area (Å²) < 4.78 is 28.6. The molecule has 0 aromatic heterocycles. The molecule has 1 atom stereocenters. The first-order valence-corrected chi connectivity index (χ1v) is 13.4. The van der Waals surface area contributed by atoms with Gasteiger partial charge >= 0.3 is 0 Å². The van der Waals surface area contributed by atoms with E-state index in [9.17, 15) is 18.0 Å². The smallest absolute Gasteiger partial charge is 0.264 e. The van der Waals surface area contributed by atoms with Crippen LogP contribution in [0.5, 0.6) is 0 Å². The summed E-state index contributed by atoms with van der Waals surface area (Å²) in [4.78, 5) is 28.0. The number of rotatable bonds is 10. The number of hydrogen-bond donors (Lipinski definition) is 1. The van der Waals surface area contributed by atoms with Gasteiger partial charge in [0, 0.05) is 18.6 Å². The van der Waals surface area contributed by atoms with Crippen LogP contribution in [0.4, 0.5) is 5.69 Å². The van der Waals surface area contributed by atoms with E-state index in [2.05, 4.69) is 5.32 Å². The predicted octanol–water partition coefficient (Wildman–Crippen LogP) is 4.40. The van der Waals surface area contributed by atoms with Gasteiger partial charge in [-0.3, -0.25) is 13.9 Å². The van der Waals surface area contributed by atoms with E-state index in [4.69, 9.17) is 11.6 Å². The lowest BCUT2D eigenvalue weighted by molar-refractivity contribution is -0.140. The second kappa shape index (κ2) is 12.1. The normalized spacial score (nSPS) is 12.0. The first-order chi connectivity index (χ1) is 17.2. The molecule has 0 radical (unpaired) electrons. The first-order valence-electron chi connectivity index (χ1n) is 11.6. The Kier molecular flexibility index (Phi) is 9.12. The molecule has 2 amide bonds. The number of hydrogen-bond acceptors (Lipinski definition) is 4. The summed E-state index contributed by atoms with van der Waals surface area (Å²) in [5.74, 6) is -0.823. The lowest BCUT2D eigenvalue weighted by atomic mass is 10.1. The van der Waals surface area contributed by atoms with Crippen LogP contribution in [-0.4, -0.2) is 44.8 Å². The molecule has 36 heavy (non-hydrogen) atoms. The van der Waals surface area contributed by atoms with Crippen molar-refractivity contribution >= 4 is 39.1 Å². The molecule has 0 heterocycles. The number of anilines is 1. The van der Waals surface area contributed by atoms with Gasteiger partial charge in [0.25, 0.3) is 10.0 Å². The number of benzene rings is 3. The summed E-state index contributed by atoms with van der Waals surface area (Å²) in [6.07, 6.45) is 0.356. The van der Waals surface area contributed by atoms with E-state index < -0.39 is 28.5 Å². The van der Waals surface area contributed by atoms with Crippen molar-refractivity contribution in [2.24, 2.45) is 0 Å². The van der Waals surface area contributed by atoms with Gasteiger partial charge < -0.3 is 10.2 Å². The number of para-hydroxylation sites is 1. The minimum atomic E-state index is -4.07. The Morgan fingerprint density at radius 3 is 2.14 bits per heavy atom. The third kappa shape index (κ3) is 6.25. The quantitative estimate of drug-likeness (QED) is 0.423. The third-order valence-corrected chi connectivity index (χ3v) is 7.92. The van der Waals surface area contributed by atoms with Crippen molar-refractivity contribution in [1.82, 2.24) is 10.2 Å². The topological polar surface area (TPSA) is 86.8 Å². The molecule has 1 N–H and O–H groups in total. The molecule has 0 aliphatic carbocycles. The Morgan fingerprint density at radius 1 is 0.944 bits per heavy atom. The second-order valence-corrected chi connectivity index (χ2v) is 10.6. The van der Waals surface area contributed by atoms with E-state index in [-0.39, 0.29) is 17.3 Å². The zero-order chi connectivity index (χ0) is 26.3. The summed E-state index contributed by atoms with van der Waals surface area (Å²) in [7, 11) is -2.56. The Morgan fingerprint density at radius 2 is 1.56 bits per heavy atom. The van der Waals surface area contributed by atoms with E-state index in [1.807, 2.05) is 6.92 Å². The first kappa shape index (κ1) is 27.2. The van der Waals surface area contributed by atoms with Gasteiger partial charge in [-0.05, 0) is 54.8 Å². The summed E-state index contributed by atoms with van der Waals surface area (Å²) >= 11 is 6.02. The number of halogens is 1. The number of carbonyl (C=O) groups is 2. The maximum absolute atomic E-state index is 13.8. The summed E-state index contributed by atoms with van der Waals surface area (Å²) in [5, 5.41) is 3.16. The number of amides is 2. The van der Waals surface area contributed by atoms with E-state index in [1.54, 1.807) is 73.7 Å². The van der Waals surface area contributed by atoms with Gasteiger partial charge in [-0.15, -0.1) is 0 Å². The number of carbonyl (C=O) groups excluding carboxylic acids is 2. The van der Waals surface area contributed by atoms with Gasteiger partial charge in [-0.25, -0.2) is 8.42 Å². The maximum atomic E-state index is 13.8. The van der Waals surface area contributed by atoms with Crippen LogP contribution in [0.2, 0.25) is 5.02 Å². The van der Waals surface area contributed by atoms with Crippen LogP contribution < -0.4 is 9.62 Å². The fourth-order valence-electron chi connectivity index (χ4n) is 3.95. The molecule has 3 rings (SSSR count). The second-order valence-electron chi connectivity index (χ2n) is 8.30. The fourth-order valence-corrected chi connectivity index (χ4v) is 5.57. The molecule has 190 valence electrons. The SMILES string of the molecule is CC[C@H](C(=O)NC)N(Cc1ccc(Cl)cc1)C(=O)CN(c1ccccc1C)S(=O)(=O)c1ccccc1. The largest absolute Gasteiger partial charge is 0.357 e. The third-order valence-electron chi connectivity index (χ3n) is 5.89. The Labute approximate surface area is 217 Å². The molecule has 7 nitrogen and oxygen atoms in total. The van der Waals surface area contributed by atoms with E-state index in [0.29, 0.717) is 22.7 Å². The molecule has 3 aromatic rings. The average molecular weight is 528 g/mol. The van der Waals surface area contributed by atoms with Crippen LogP contribution in [0.1, 0.15) is 24.5 Å². The molecule has 3 aromatic carbocycles. The monoisotopic (exact) mass is 527 g/mol. The molecule has 0 fully saturated rings. The summed E-state index contributed by atoms with van der Waals surface area (Å²) in [6, 6.07) is 21.2. The van der Waals surface area contributed by atoms with Gasteiger partial charge in [0.05, 0.1) is 10.6 Å². The molecule has 0 saturated heterocycles. The van der Waals surface area contributed by atoms with E-state index >= 15 is 0 Å². The number of nitrogens with one attached hydrogen (secondary N) is 1. The van der Waals surface area contributed by atoms with Crippen LogP contribution in [0.15, 0.2) is 83.8 Å². The Hall–Kier alpha value is -3.36. The zero-order valence-electron chi connectivity index (χ0n) is 20.5. The van der Waals surface area contributed by atoms with Crippen molar-refractivity contribution in [3.63, 3.8) is 0 Å². The minimum absolute atomic E-state index is 0.0728. The molecule has 0 aliphatic rings. The van der Waals surface area contributed by atoms with Gasteiger partial charge in [0.15, 0.2) is 0 Å². The van der Waals surface area contributed by atoms with Gasteiger partial charge in [-0.2, -0.15) is 0 Å². The fraction of sp³-hybridized carbons (Fsp3) is 0.259. The number of likely N-dealkylation sites (N-methyl/N-ethyl adjacent to an activating group) is 1. The highest BCUT2D eigenvalue weighted by molar-refractivity contribution is 7.92. The van der Waals surface area contributed by atoms with Gasteiger partial charge in [-0.1, -0.05) is 67.1 Å². The number of aryl methyl sites for hydroxylation is 1. The lowest BCUT2D eigenvalue weighted by Gasteiger charge is -2.33. The van der Waals surface area contributed by atoms with Crippen LogP contribution in [0.3, 0.4) is 0 Å². The Balaban J connectivity index is 2.05. The van der Waals surface area contributed by atoms with Crippen molar-refractivity contribution < 1.29 is 18.0 Å². The minimum Gasteiger partial charge on any atom is -0.357 e. The van der Waals surface area contributed by atoms with Crippen LogP contribution >= 0.6 is 11.6 Å². The molecule has 9 heteroatoms. The van der Waals surface area contributed by atoms with Gasteiger partial charge in [0.2, 0.25) is 11.8 Å². The van der Waals surface area contributed by atoms with E-state index in [1.165, 1.54) is 24.1 Å². The van der Waals surface area contributed by atoms with Crippen molar-refractivity contribution in [2.45, 2.75) is 37.8 Å². The van der Waals surface area contributed by atoms with Crippen molar-refractivity contribution in [1.29, 1.82) is 0 Å². The van der Waals surface area contributed by atoms with Crippen LogP contribution in [-0.2, 0) is 26.2 Å². The zero-order valence-corrected chi connectivity index (χ0v) is 22.1. The molecule has 0 spiro atoms. The van der Waals surface area contributed by atoms with Crippen molar-refractivity contribution in [2.75, 3.05) is 17.9 Å². The van der Waals surface area contributed by atoms with E-state index in [0.717, 1.165) is 9.87 Å². The highest BCUT2D eigenvalue weighted by atomic mass is 35.5. The number of sulfonamides is 1. The van der Waals surface area contributed by atoms with Crippen molar-refractivity contribution in [3.05, 3.63) is 95.0 Å². The average Bonchev–Trinajstić information content (AvgIpc) is 2.89. The molecule has 0 saturated carbocycles. The molecule has 0 unspecified atom stereocenters. The molecular formula is C27H30ClN3O4S. The van der Waals surface area contributed by atoms with Crippen LogP contribution in [0.25, 0.3) is 0 Å². The molecule has 0 bridgehead atoms. The maximum Gasteiger partial charge on any atom is 0.264 e. The van der Waals surface area contributed by atoms with Crippen LogP contribution in [0, 0.1) is 6.92 Å². The highest BCUT2D eigenvalue weighted by Crippen LogP contribution is 2.27. The summed E-state index contributed by atoms with van der Waals surface area (Å²) in [5.41, 5.74) is 1.87. The molecular weight excluding hydrogens is 498 g/mol. The van der Waals surface area contributed by atoms with Gasteiger partial charge in [0.1, 0.15) is 12.6 Å². The van der Waals surface area contributed by atoms with Crippen molar-refractivity contribution in [3.8, 4) is 0 Å².